The summed E-state index contributed by atoms with van der Waals surface area (Å²) in [6.45, 7) is 8.68. The molecule has 1 aromatic rings. The van der Waals surface area contributed by atoms with Crippen LogP contribution in [0, 0.1) is 0 Å². The molecule has 13 heavy (non-hydrogen) atoms. The number of aromatic nitrogens is 2. The van der Waals surface area contributed by atoms with Gasteiger partial charge in [0.2, 0.25) is 0 Å². The zero-order valence-corrected chi connectivity index (χ0v) is 9.22. The number of halogens is 1. The summed E-state index contributed by atoms with van der Waals surface area (Å²) >= 11 is 5.92. The predicted molar refractivity (Wildman–Crippen MR) is 53.4 cm³/mol. The van der Waals surface area contributed by atoms with Gasteiger partial charge in [0.1, 0.15) is 5.02 Å². The molecular formula is C9H15ClN2O. The highest BCUT2D eigenvalue weighted by molar-refractivity contribution is 6.31. The maximum absolute atomic E-state index is 5.92. The third-order valence-electron chi connectivity index (χ3n) is 1.61. The molecule has 0 radical (unpaired) electrons. The molecular weight excluding hydrogens is 188 g/mol. The van der Waals surface area contributed by atoms with Crippen LogP contribution in [0.2, 0.25) is 5.02 Å². The molecule has 0 atom stereocenters. The number of hydrogen-bond donors (Lipinski definition) is 0. The Morgan fingerprint density at radius 2 is 2.15 bits per heavy atom. The molecule has 1 rings (SSSR count). The summed E-state index contributed by atoms with van der Waals surface area (Å²) in [6.07, 6.45) is 1.78. The molecule has 0 aromatic carbocycles. The second kappa shape index (κ2) is 3.58. The quantitative estimate of drug-likeness (QED) is 0.738. The fourth-order valence-electron chi connectivity index (χ4n) is 0.915. The minimum atomic E-state index is -0.0566. The normalized spacial score (nSPS) is 11.8. The Morgan fingerprint density at radius 3 is 2.54 bits per heavy atom. The van der Waals surface area contributed by atoms with Crippen molar-refractivity contribution >= 4 is 11.6 Å². The molecule has 0 spiro atoms. The fraction of sp³-hybridized carbons (Fsp3) is 0.667. The minimum absolute atomic E-state index is 0.0566. The second-order valence-corrected chi connectivity index (χ2v) is 4.24. The van der Waals surface area contributed by atoms with E-state index in [2.05, 4.69) is 25.9 Å². The van der Waals surface area contributed by atoms with Crippen molar-refractivity contribution in [2.24, 2.45) is 0 Å². The van der Waals surface area contributed by atoms with Crippen molar-refractivity contribution in [3.63, 3.8) is 0 Å². The molecule has 4 heteroatoms. The van der Waals surface area contributed by atoms with E-state index in [1.54, 1.807) is 10.9 Å². The molecule has 3 nitrogen and oxygen atoms in total. The average Bonchev–Trinajstić information content (AvgIpc) is 2.32. The number of rotatable bonds is 2. The van der Waals surface area contributed by atoms with Gasteiger partial charge in [-0.2, -0.15) is 0 Å². The Hall–Kier alpha value is -0.700. The van der Waals surface area contributed by atoms with Crippen molar-refractivity contribution in [2.45, 2.75) is 33.2 Å². The topological polar surface area (TPSA) is 27.1 Å². The lowest BCUT2D eigenvalue weighted by molar-refractivity contribution is 0.299. The van der Waals surface area contributed by atoms with E-state index < -0.39 is 0 Å². The van der Waals surface area contributed by atoms with E-state index in [9.17, 15) is 0 Å². The summed E-state index contributed by atoms with van der Waals surface area (Å²) in [5, 5.41) is 4.80. The lowest BCUT2D eigenvalue weighted by Crippen LogP contribution is -2.22. The van der Waals surface area contributed by atoms with Crippen LogP contribution in [0.25, 0.3) is 0 Å². The summed E-state index contributed by atoms with van der Waals surface area (Å²) in [6, 6.07) is 0. The summed E-state index contributed by atoms with van der Waals surface area (Å²) in [5.41, 5.74) is -0.0566. The van der Waals surface area contributed by atoms with Gasteiger partial charge in [0.05, 0.1) is 12.1 Å². The lowest BCUT2D eigenvalue weighted by atomic mass is 10.1. The van der Waals surface area contributed by atoms with Gasteiger partial charge in [-0.05, 0) is 27.7 Å². The number of hydrogen-bond acceptors (Lipinski definition) is 2. The third-order valence-corrected chi connectivity index (χ3v) is 1.87. The van der Waals surface area contributed by atoms with E-state index in [0.717, 1.165) is 0 Å². The number of nitrogens with zero attached hydrogens (tertiary/aromatic N) is 2. The largest absolute Gasteiger partial charge is 0.476 e. The molecule has 0 aliphatic heterocycles. The zero-order chi connectivity index (χ0) is 10.1. The Balaban J connectivity index is 2.95. The van der Waals surface area contributed by atoms with Crippen molar-refractivity contribution in [1.29, 1.82) is 0 Å². The average molecular weight is 203 g/mol. The monoisotopic (exact) mass is 202 g/mol. The molecule has 0 saturated heterocycles. The fourth-order valence-corrected chi connectivity index (χ4v) is 1.10. The summed E-state index contributed by atoms with van der Waals surface area (Å²) in [7, 11) is 0. The predicted octanol–water partition coefficient (Wildman–Crippen LogP) is 2.69. The standard InChI is InChI=1S/C9H15ClN2O/c1-5-13-8-7(10)6-12(11-8)9(2,3)4/h6H,5H2,1-4H3. The molecule has 0 fully saturated rings. The Kier molecular flexibility index (Phi) is 2.86. The van der Waals surface area contributed by atoms with Gasteiger partial charge in [-0.15, -0.1) is 5.10 Å². The van der Waals surface area contributed by atoms with Crippen LogP contribution in [0.1, 0.15) is 27.7 Å². The van der Waals surface area contributed by atoms with Crippen LogP contribution in [0.5, 0.6) is 5.88 Å². The van der Waals surface area contributed by atoms with Crippen LogP contribution in [-0.2, 0) is 5.54 Å². The molecule has 0 aliphatic rings. The van der Waals surface area contributed by atoms with Gasteiger partial charge in [-0.3, -0.25) is 4.68 Å². The van der Waals surface area contributed by atoms with Crippen LogP contribution >= 0.6 is 11.6 Å². The smallest absolute Gasteiger partial charge is 0.251 e. The highest BCUT2D eigenvalue weighted by Gasteiger charge is 2.17. The first-order valence-corrected chi connectivity index (χ1v) is 4.71. The van der Waals surface area contributed by atoms with Crippen molar-refractivity contribution in [3.8, 4) is 5.88 Å². The Morgan fingerprint density at radius 1 is 1.54 bits per heavy atom. The molecule has 0 amide bonds. The van der Waals surface area contributed by atoms with Crippen LogP contribution in [0.3, 0.4) is 0 Å². The van der Waals surface area contributed by atoms with E-state index >= 15 is 0 Å². The van der Waals surface area contributed by atoms with E-state index in [4.69, 9.17) is 16.3 Å². The van der Waals surface area contributed by atoms with Crippen LogP contribution in [0.4, 0.5) is 0 Å². The first-order chi connectivity index (χ1) is 5.95. The van der Waals surface area contributed by atoms with Crippen molar-refractivity contribution < 1.29 is 4.74 Å². The van der Waals surface area contributed by atoms with Crippen molar-refractivity contribution in [3.05, 3.63) is 11.2 Å². The number of ether oxygens (including phenoxy) is 1. The summed E-state index contributed by atoms with van der Waals surface area (Å²) in [4.78, 5) is 0. The molecule has 0 bridgehead atoms. The molecule has 0 N–H and O–H groups in total. The van der Waals surface area contributed by atoms with Crippen molar-refractivity contribution in [1.82, 2.24) is 9.78 Å². The molecule has 74 valence electrons. The van der Waals surface area contributed by atoms with E-state index in [-0.39, 0.29) is 5.54 Å². The van der Waals surface area contributed by atoms with Crippen molar-refractivity contribution in [2.75, 3.05) is 6.61 Å². The van der Waals surface area contributed by atoms with E-state index in [1.165, 1.54) is 0 Å². The molecule has 0 aliphatic carbocycles. The summed E-state index contributed by atoms with van der Waals surface area (Å²) in [5.74, 6) is 0.513. The van der Waals surface area contributed by atoms with Crippen LogP contribution in [0.15, 0.2) is 6.20 Å². The van der Waals surface area contributed by atoms with Crippen LogP contribution < -0.4 is 4.74 Å². The first-order valence-electron chi connectivity index (χ1n) is 4.33. The zero-order valence-electron chi connectivity index (χ0n) is 8.47. The highest BCUT2D eigenvalue weighted by atomic mass is 35.5. The Bertz CT molecular complexity index is 288. The third kappa shape index (κ3) is 2.37. The first kappa shape index (κ1) is 10.4. The van der Waals surface area contributed by atoms with Gasteiger partial charge in [0, 0.05) is 6.20 Å². The van der Waals surface area contributed by atoms with Crippen LogP contribution in [-0.4, -0.2) is 16.4 Å². The van der Waals surface area contributed by atoms with E-state index in [1.807, 2.05) is 6.92 Å². The molecule has 0 unspecified atom stereocenters. The van der Waals surface area contributed by atoms with Gasteiger partial charge in [-0.1, -0.05) is 11.6 Å². The second-order valence-electron chi connectivity index (χ2n) is 3.83. The van der Waals surface area contributed by atoms with Gasteiger partial charge in [-0.25, -0.2) is 0 Å². The van der Waals surface area contributed by atoms with Gasteiger partial charge in [0.25, 0.3) is 5.88 Å². The SMILES string of the molecule is CCOc1nn(C(C)(C)C)cc1Cl. The minimum Gasteiger partial charge on any atom is -0.476 e. The lowest BCUT2D eigenvalue weighted by Gasteiger charge is -2.18. The van der Waals surface area contributed by atoms with Gasteiger partial charge in [0.15, 0.2) is 0 Å². The molecule has 1 heterocycles. The Labute approximate surface area is 83.6 Å². The van der Waals surface area contributed by atoms with E-state index in [0.29, 0.717) is 17.5 Å². The van der Waals surface area contributed by atoms with Gasteiger partial charge >= 0.3 is 0 Å². The molecule has 0 saturated carbocycles. The maximum Gasteiger partial charge on any atom is 0.251 e. The summed E-state index contributed by atoms with van der Waals surface area (Å²) < 4.78 is 7.05. The van der Waals surface area contributed by atoms with Gasteiger partial charge < -0.3 is 4.74 Å². The highest BCUT2D eigenvalue weighted by Crippen LogP contribution is 2.25. The maximum atomic E-state index is 5.92. The molecule has 1 aromatic heterocycles.